The predicted octanol–water partition coefficient (Wildman–Crippen LogP) is 2.20. The molecule has 2 saturated carbocycles. The number of aromatic nitrogens is 3. The smallest absolute Gasteiger partial charge is 0.248 e. The van der Waals surface area contributed by atoms with E-state index >= 15 is 0 Å². The summed E-state index contributed by atoms with van der Waals surface area (Å²) in [5.41, 5.74) is 0.904. The number of carbonyl (C=O) groups is 1. The van der Waals surface area contributed by atoms with Crippen LogP contribution >= 0.6 is 11.3 Å². The second kappa shape index (κ2) is 7.57. The third-order valence-corrected chi connectivity index (χ3v) is 7.33. The van der Waals surface area contributed by atoms with Crippen molar-refractivity contribution in [3.63, 3.8) is 0 Å². The number of rotatable bonds is 6. The van der Waals surface area contributed by atoms with Crippen LogP contribution in [0.15, 0.2) is 23.7 Å². The van der Waals surface area contributed by atoms with Gasteiger partial charge in [0.15, 0.2) is 0 Å². The highest BCUT2D eigenvalue weighted by Gasteiger charge is 2.45. The highest BCUT2D eigenvalue weighted by atomic mass is 32.1. The maximum atomic E-state index is 12.0. The van der Waals surface area contributed by atoms with E-state index < -0.39 is 6.61 Å². The standard InChI is InChI=1S/C20H26N4O3S/c25-11-20(26)23-8-14-6-17(18(7-15(14)9-23)27-12-13-3-4-13)24-10-16(21-22-24)19-2-1-5-28-19/h1-2,5,10,13-15,17-18,25H,3-4,6-9,11-12H2/t14-,15+,17-,18-/m1/s1. The molecular weight excluding hydrogens is 376 g/mol. The molecule has 2 aromatic rings. The number of likely N-dealkylation sites (tertiary alicyclic amines) is 1. The molecule has 3 aliphatic rings. The van der Waals surface area contributed by atoms with Crippen LogP contribution < -0.4 is 0 Å². The van der Waals surface area contributed by atoms with E-state index in [-0.39, 0.29) is 18.1 Å². The number of thiophene rings is 1. The van der Waals surface area contributed by atoms with Crippen molar-refractivity contribution < 1.29 is 14.6 Å². The molecule has 8 heteroatoms. The number of hydrogen-bond acceptors (Lipinski definition) is 6. The van der Waals surface area contributed by atoms with E-state index in [0.29, 0.717) is 17.8 Å². The Kier molecular flexibility index (Phi) is 4.94. The molecule has 3 fully saturated rings. The number of nitrogens with zero attached hydrogens (tertiary/aromatic N) is 4. The fourth-order valence-electron chi connectivity index (χ4n) is 4.67. The van der Waals surface area contributed by atoms with Crippen molar-refractivity contribution in [2.75, 3.05) is 26.3 Å². The zero-order valence-electron chi connectivity index (χ0n) is 15.8. The summed E-state index contributed by atoms with van der Waals surface area (Å²) in [6.45, 7) is 1.88. The van der Waals surface area contributed by atoms with Gasteiger partial charge in [0.2, 0.25) is 5.91 Å². The van der Waals surface area contributed by atoms with E-state index in [1.807, 2.05) is 27.2 Å². The number of carbonyl (C=O) groups excluding carboxylic acids is 1. The number of ether oxygens (including phenoxy) is 1. The Balaban J connectivity index is 1.35. The number of amides is 1. The van der Waals surface area contributed by atoms with Crippen molar-refractivity contribution >= 4 is 17.2 Å². The molecule has 0 unspecified atom stereocenters. The van der Waals surface area contributed by atoms with Gasteiger partial charge in [0, 0.05) is 19.7 Å². The lowest BCUT2D eigenvalue weighted by Crippen LogP contribution is -2.38. The van der Waals surface area contributed by atoms with Gasteiger partial charge < -0.3 is 14.7 Å². The van der Waals surface area contributed by atoms with Gasteiger partial charge in [0.1, 0.15) is 12.3 Å². The van der Waals surface area contributed by atoms with Crippen LogP contribution in [0.25, 0.3) is 10.6 Å². The largest absolute Gasteiger partial charge is 0.387 e. The van der Waals surface area contributed by atoms with Crippen LogP contribution in [0.3, 0.4) is 0 Å². The third-order valence-electron chi connectivity index (χ3n) is 6.44. The number of hydrogen-bond donors (Lipinski definition) is 1. The van der Waals surface area contributed by atoms with Gasteiger partial charge in [0.25, 0.3) is 0 Å². The van der Waals surface area contributed by atoms with Crippen molar-refractivity contribution in [1.82, 2.24) is 19.9 Å². The average molecular weight is 403 g/mol. The van der Waals surface area contributed by atoms with Crippen LogP contribution in [0, 0.1) is 17.8 Å². The molecule has 2 aliphatic carbocycles. The van der Waals surface area contributed by atoms with Crippen molar-refractivity contribution in [3.05, 3.63) is 23.7 Å². The predicted molar refractivity (Wildman–Crippen MR) is 105 cm³/mol. The van der Waals surface area contributed by atoms with Crippen molar-refractivity contribution in [2.24, 2.45) is 17.8 Å². The third kappa shape index (κ3) is 3.60. The molecule has 2 aromatic heterocycles. The molecule has 0 bridgehead atoms. The zero-order valence-corrected chi connectivity index (χ0v) is 16.6. The van der Waals surface area contributed by atoms with E-state index in [0.717, 1.165) is 43.1 Å². The van der Waals surface area contributed by atoms with Gasteiger partial charge in [-0.15, -0.1) is 16.4 Å². The number of aliphatic hydroxyl groups excluding tert-OH is 1. The van der Waals surface area contributed by atoms with Gasteiger partial charge in [-0.1, -0.05) is 11.3 Å². The van der Waals surface area contributed by atoms with E-state index in [2.05, 4.69) is 16.4 Å². The maximum absolute atomic E-state index is 12.0. The Bertz CT molecular complexity index is 819. The molecule has 1 amide bonds. The highest BCUT2D eigenvalue weighted by molar-refractivity contribution is 7.13. The topological polar surface area (TPSA) is 80.5 Å². The van der Waals surface area contributed by atoms with E-state index in [1.54, 1.807) is 11.3 Å². The summed E-state index contributed by atoms with van der Waals surface area (Å²) in [4.78, 5) is 14.9. The fraction of sp³-hybridized carbons (Fsp3) is 0.650. The minimum Gasteiger partial charge on any atom is -0.387 e. The summed E-state index contributed by atoms with van der Waals surface area (Å²) in [5, 5.41) is 20.1. The Labute approximate surface area is 168 Å². The van der Waals surface area contributed by atoms with Crippen LogP contribution in [-0.2, 0) is 9.53 Å². The van der Waals surface area contributed by atoms with Crippen LogP contribution in [-0.4, -0.2) is 63.3 Å². The Morgan fingerprint density at radius 2 is 2.11 bits per heavy atom. The fourth-order valence-corrected chi connectivity index (χ4v) is 5.35. The molecule has 7 nitrogen and oxygen atoms in total. The summed E-state index contributed by atoms with van der Waals surface area (Å²) < 4.78 is 8.35. The Morgan fingerprint density at radius 3 is 2.82 bits per heavy atom. The molecule has 1 N–H and O–H groups in total. The summed E-state index contributed by atoms with van der Waals surface area (Å²) >= 11 is 1.67. The molecule has 0 aromatic carbocycles. The monoisotopic (exact) mass is 402 g/mol. The van der Waals surface area contributed by atoms with Gasteiger partial charge in [-0.2, -0.15) is 0 Å². The second-order valence-electron chi connectivity index (χ2n) is 8.39. The summed E-state index contributed by atoms with van der Waals surface area (Å²) in [7, 11) is 0. The molecule has 0 spiro atoms. The lowest BCUT2D eigenvalue weighted by atomic mass is 9.77. The SMILES string of the molecule is O=C(CO)N1C[C@H]2C[C@@H](n3cc(-c4cccs4)nn3)[C@H](OCC3CC3)C[C@H]2C1. The van der Waals surface area contributed by atoms with Crippen LogP contribution in [0.2, 0.25) is 0 Å². The maximum Gasteiger partial charge on any atom is 0.248 e. The van der Waals surface area contributed by atoms with Crippen molar-refractivity contribution in [2.45, 2.75) is 37.8 Å². The summed E-state index contributed by atoms with van der Waals surface area (Å²) in [6, 6.07) is 4.23. The highest BCUT2D eigenvalue weighted by Crippen LogP contribution is 2.43. The average Bonchev–Trinajstić information content (AvgIpc) is 3.12. The van der Waals surface area contributed by atoms with Gasteiger partial charge in [-0.05, 0) is 54.9 Å². The molecule has 3 heterocycles. The van der Waals surface area contributed by atoms with Crippen LogP contribution in [0.1, 0.15) is 31.7 Å². The first-order chi connectivity index (χ1) is 13.7. The van der Waals surface area contributed by atoms with Gasteiger partial charge in [0.05, 0.1) is 23.2 Å². The van der Waals surface area contributed by atoms with Crippen molar-refractivity contribution in [3.8, 4) is 10.6 Å². The minimum atomic E-state index is -0.405. The molecule has 28 heavy (non-hydrogen) atoms. The van der Waals surface area contributed by atoms with Crippen molar-refractivity contribution in [1.29, 1.82) is 0 Å². The molecule has 1 saturated heterocycles. The first kappa shape index (κ1) is 18.3. The lowest BCUT2D eigenvalue weighted by molar-refractivity contribution is -0.133. The van der Waals surface area contributed by atoms with Gasteiger partial charge in [-0.3, -0.25) is 4.79 Å². The van der Waals surface area contributed by atoms with Gasteiger partial charge in [-0.25, -0.2) is 4.68 Å². The Hall–Kier alpha value is -1.77. The zero-order chi connectivity index (χ0) is 19.1. The van der Waals surface area contributed by atoms with Gasteiger partial charge >= 0.3 is 0 Å². The number of aliphatic hydroxyl groups is 1. The summed E-state index contributed by atoms with van der Waals surface area (Å²) in [6.07, 6.45) is 6.55. The molecule has 150 valence electrons. The molecule has 4 atom stereocenters. The van der Waals surface area contributed by atoms with E-state index in [4.69, 9.17) is 4.74 Å². The second-order valence-corrected chi connectivity index (χ2v) is 9.34. The Morgan fingerprint density at radius 1 is 1.29 bits per heavy atom. The number of fused-ring (bicyclic) bond motifs is 1. The van der Waals surface area contributed by atoms with Crippen LogP contribution in [0.5, 0.6) is 0 Å². The molecular formula is C20H26N4O3S. The minimum absolute atomic E-state index is 0.101. The quantitative estimate of drug-likeness (QED) is 0.801. The molecule has 0 radical (unpaired) electrons. The lowest BCUT2D eigenvalue weighted by Gasteiger charge is -2.37. The normalized spacial score (nSPS) is 29.8. The first-order valence-electron chi connectivity index (χ1n) is 10.2. The summed E-state index contributed by atoms with van der Waals surface area (Å²) in [5.74, 6) is 1.42. The first-order valence-corrected chi connectivity index (χ1v) is 11.0. The molecule has 5 rings (SSSR count). The molecule has 1 aliphatic heterocycles. The van der Waals surface area contributed by atoms with E-state index in [9.17, 15) is 9.90 Å². The van der Waals surface area contributed by atoms with E-state index in [1.165, 1.54) is 12.8 Å². The van der Waals surface area contributed by atoms with Crippen LogP contribution in [0.4, 0.5) is 0 Å².